The third-order valence-corrected chi connectivity index (χ3v) is 6.46. The van der Waals surface area contributed by atoms with E-state index >= 15 is 4.39 Å². The number of hydrogen-bond donors (Lipinski definition) is 0. The predicted octanol–water partition coefficient (Wildman–Crippen LogP) is 8.32. The van der Waals surface area contributed by atoms with E-state index in [1.807, 2.05) is 13.0 Å². The van der Waals surface area contributed by atoms with Gasteiger partial charge in [-0.05, 0) is 84.0 Å². The van der Waals surface area contributed by atoms with Gasteiger partial charge in [0, 0.05) is 10.9 Å². The first kappa shape index (κ1) is 24.2. The zero-order valence-corrected chi connectivity index (χ0v) is 19.3. The number of halogens is 6. The molecule has 0 saturated carbocycles. The van der Waals surface area contributed by atoms with Crippen molar-refractivity contribution in [1.29, 1.82) is 0 Å². The second-order valence-electron chi connectivity index (χ2n) is 8.36. The quantitative estimate of drug-likeness (QED) is 0.181. The summed E-state index contributed by atoms with van der Waals surface area (Å²) < 4.78 is 70.9. The first-order valence-electron chi connectivity index (χ1n) is 11.1. The zero-order valence-electron chi connectivity index (χ0n) is 18.5. The molecule has 0 heterocycles. The standard InChI is InChI=1S/C28H22ClF5/c1-2-16-12-23(30)22(24(31)13-16)10-5-17-4-9-21-20(11-17)8-7-19(28(21)34)6-3-18-14-25(32)27(29)26(33)15-18/h4,7-9,11-15H,2-3,5-6,10H2,1H3. The molecule has 0 unspecified atom stereocenters. The summed E-state index contributed by atoms with van der Waals surface area (Å²) in [6, 6.07) is 13.7. The molecule has 0 aliphatic carbocycles. The Hall–Kier alpha value is -2.92. The highest BCUT2D eigenvalue weighted by Crippen LogP contribution is 2.26. The molecule has 0 aromatic heterocycles. The molecular formula is C28H22ClF5. The Morgan fingerprint density at radius 1 is 0.618 bits per heavy atom. The first-order valence-corrected chi connectivity index (χ1v) is 11.4. The Labute approximate surface area is 200 Å². The van der Waals surface area contributed by atoms with Gasteiger partial charge in [0.05, 0.1) is 0 Å². The van der Waals surface area contributed by atoms with Crippen LogP contribution in [0, 0.1) is 29.1 Å². The van der Waals surface area contributed by atoms with Gasteiger partial charge in [-0.25, -0.2) is 22.0 Å². The van der Waals surface area contributed by atoms with E-state index in [1.165, 1.54) is 12.1 Å². The van der Waals surface area contributed by atoms with Gasteiger partial charge >= 0.3 is 0 Å². The Bertz CT molecular complexity index is 1320. The number of hydrogen-bond acceptors (Lipinski definition) is 0. The van der Waals surface area contributed by atoms with Crippen LogP contribution < -0.4 is 0 Å². The van der Waals surface area contributed by atoms with Gasteiger partial charge in [0.2, 0.25) is 0 Å². The lowest BCUT2D eigenvalue weighted by Crippen LogP contribution is -2.01. The molecule has 0 aliphatic heterocycles. The number of aryl methyl sites for hydroxylation is 4. The van der Waals surface area contributed by atoms with Crippen LogP contribution in [-0.2, 0) is 32.1 Å². The molecule has 0 aliphatic rings. The molecule has 0 fully saturated rings. The second kappa shape index (κ2) is 10.1. The van der Waals surface area contributed by atoms with Crippen LogP contribution in [0.4, 0.5) is 22.0 Å². The fourth-order valence-electron chi connectivity index (χ4n) is 4.13. The summed E-state index contributed by atoms with van der Waals surface area (Å²) >= 11 is 5.51. The van der Waals surface area contributed by atoms with Crippen LogP contribution in [0.1, 0.15) is 34.7 Å². The van der Waals surface area contributed by atoms with Crippen molar-refractivity contribution in [3.8, 4) is 0 Å². The molecule has 0 saturated heterocycles. The van der Waals surface area contributed by atoms with Crippen molar-refractivity contribution in [2.75, 3.05) is 0 Å². The van der Waals surface area contributed by atoms with Gasteiger partial charge in [0.1, 0.15) is 34.1 Å². The van der Waals surface area contributed by atoms with Gasteiger partial charge in [-0.1, -0.05) is 48.9 Å². The minimum absolute atomic E-state index is 0.0499. The molecule has 34 heavy (non-hydrogen) atoms. The summed E-state index contributed by atoms with van der Waals surface area (Å²) in [5.74, 6) is -3.18. The molecule has 4 rings (SSSR count). The summed E-state index contributed by atoms with van der Waals surface area (Å²) in [6.45, 7) is 1.84. The highest BCUT2D eigenvalue weighted by molar-refractivity contribution is 6.30. The topological polar surface area (TPSA) is 0 Å². The van der Waals surface area contributed by atoms with Crippen LogP contribution in [0.5, 0.6) is 0 Å². The van der Waals surface area contributed by atoms with Crippen molar-refractivity contribution in [1.82, 2.24) is 0 Å². The van der Waals surface area contributed by atoms with Crippen LogP contribution in [0.25, 0.3) is 10.8 Å². The van der Waals surface area contributed by atoms with E-state index in [1.54, 1.807) is 24.3 Å². The number of fused-ring (bicyclic) bond motifs is 1. The molecule has 0 radical (unpaired) electrons. The maximum Gasteiger partial charge on any atom is 0.145 e. The Balaban J connectivity index is 1.50. The summed E-state index contributed by atoms with van der Waals surface area (Å²) in [4.78, 5) is 0. The highest BCUT2D eigenvalue weighted by atomic mass is 35.5. The fourth-order valence-corrected chi connectivity index (χ4v) is 4.24. The van der Waals surface area contributed by atoms with E-state index in [0.29, 0.717) is 40.3 Å². The van der Waals surface area contributed by atoms with E-state index in [-0.39, 0.29) is 24.8 Å². The maximum absolute atomic E-state index is 15.1. The molecule has 4 aromatic rings. The fraction of sp³-hybridized carbons (Fsp3) is 0.214. The van der Waals surface area contributed by atoms with Crippen molar-refractivity contribution in [3.63, 3.8) is 0 Å². The molecule has 0 nitrogen and oxygen atoms in total. The molecule has 0 atom stereocenters. The van der Waals surface area contributed by atoms with Crippen LogP contribution in [0.15, 0.2) is 54.6 Å². The second-order valence-corrected chi connectivity index (χ2v) is 8.74. The highest BCUT2D eigenvalue weighted by Gasteiger charge is 2.13. The lowest BCUT2D eigenvalue weighted by Gasteiger charge is -2.10. The van der Waals surface area contributed by atoms with E-state index in [0.717, 1.165) is 17.7 Å². The molecule has 0 spiro atoms. The predicted molar refractivity (Wildman–Crippen MR) is 126 cm³/mol. The minimum Gasteiger partial charge on any atom is -0.207 e. The van der Waals surface area contributed by atoms with Crippen LogP contribution in [0.3, 0.4) is 0 Å². The van der Waals surface area contributed by atoms with Crippen LogP contribution in [-0.4, -0.2) is 0 Å². The third kappa shape index (κ3) is 5.10. The van der Waals surface area contributed by atoms with Crippen LogP contribution in [0.2, 0.25) is 5.02 Å². The molecular weight excluding hydrogens is 467 g/mol. The number of benzene rings is 4. The smallest absolute Gasteiger partial charge is 0.145 e. The van der Waals surface area contributed by atoms with Gasteiger partial charge in [-0.15, -0.1) is 0 Å². The van der Waals surface area contributed by atoms with E-state index in [2.05, 4.69) is 0 Å². The van der Waals surface area contributed by atoms with Crippen LogP contribution >= 0.6 is 11.6 Å². The average Bonchev–Trinajstić information content (AvgIpc) is 2.81. The Morgan fingerprint density at radius 3 is 1.88 bits per heavy atom. The maximum atomic E-state index is 15.1. The lowest BCUT2D eigenvalue weighted by molar-refractivity contribution is 0.551. The Kier molecular flexibility index (Phi) is 7.22. The molecule has 0 bridgehead atoms. The van der Waals surface area contributed by atoms with Gasteiger partial charge < -0.3 is 0 Å². The lowest BCUT2D eigenvalue weighted by atomic mass is 9.96. The zero-order chi connectivity index (χ0) is 24.4. The number of rotatable bonds is 7. The molecule has 0 N–H and O–H groups in total. The molecule has 4 aromatic carbocycles. The van der Waals surface area contributed by atoms with Gasteiger partial charge in [-0.2, -0.15) is 0 Å². The minimum atomic E-state index is -0.843. The SMILES string of the molecule is CCc1cc(F)c(CCc2ccc3c(F)c(CCc4cc(F)c(Cl)c(F)c4)ccc3c2)c(F)c1. The average molecular weight is 489 g/mol. The summed E-state index contributed by atoms with van der Waals surface area (Å²) in [7, 11) is 0. The summed E-state index contributed by atoms with van der Waals surface area (Å²) in [6.07, 6.45) is 1.67. The molecule has 6 heteroatoms. The van der Waals surface area contributed by atoms with Gasteiger partial charge in [0.15, 0.2) is 0 Å². The van der Waals surface area contributed by atoms with Crippen molar-refractivity contribution in [3.05, 3.63) is 117 Å². The van der Waals surface area contributed by atoms with Gasteiger partial charge in [0.25, 0.3) is 0 Å². The van der Waals surface area contributed by atoms with Crippen molar-refractivity contribution >= 4 is 22.4 Å². The van der Waals surface area contributed by atoms with Crippen molar-refractivity contribution < 1.29 is 22.0 Å². The Morgan fingerprint density at radius 2 is 1.24 bits per heavy atom. The summed E-state index contributed by atoms with van der Waals surface area (Å²) in [5, 5.41) is 0.531. The van der Waals surface area contributed by atoms with Crippen molar-refractivity contribution in [2.24, 2.45) is 0 Å². The largest absolute Gasteiger partial charge is 0.207 e. The van der Waals surface area contributed by atoms with E-state index in [4.69, 9.17) is 11.6 Å². The van der Waals surface area contributed by atoms with Crippen molar-refractivity contribution in [2.45, 2.75) is 39.0 Å². The van der Waals surface area contributed by atoms with E-state index in [9.17, 15) is 17.6 Å². The third-order valence-electron chi connectivity index (χ3n) is 6.10. The molecule has 0 amide bonds. The molecule has 176 valence electrons. The van der Waals surface area contributed by atoms with E-state index < -0.39 is 34.1 Å². The summed E-state index contributed by atoms with van der Waals surface area (Å²) in [5.41, 5.74) is 2.32. The normalized spacial score (nSPS) is 11.4. The van der Waals surface area contributed by atoms with Gasteiger partial charge in [-0.3, -0.25) is 0 Å². The first-order chi connectivity index (χ1) is 16.3. The monoisotopic (exact) mass is 488 g/mol.